The average molecular weight is 599 g/mol. The molecule has 0 rings (SSSR count). The normalized spacial score (nSPS) is 11.8. The number of hydrogen-bond acceptors (Lipinski definition) is 2. The van der Waals surface area contributed by atoms with Gasteiger partial charge in [-0.3, -0.25) is 13.2 Å². The Hall–Kier alpha value is 2.25. The Kier molecular flexibility index (Phi) is 59.3. The van der Waals surface area contributed by atoms with Gasteiger partial charge in [-0.25, -0.2) is 0 Å². The van der Waals surface area contributed by atoms with Gasteiger partial charge in [-0.2, -0.15) is 24.7 Å². The zero-order valence-electron chi connectivity index (χ0n) is 30.9. The molecular weight excluding hydrogens is 527 g/mol. The molecule has 39 heavy (non-hydrogen) atoms. The molecule has 0 aliphatic heterocycles. The van der Waals surface area contributed by atoms with Crippen molar-refractivity contribution in [3.63, 3.8) is 0 Å². The quantitative estimate of drug-likeness (QED) is 0.191. The van der Waals surface area contributed by atoms with Crippen LogP contribution in [0.15, 0.2) is 18.2 Å². The van der Waals surface area contributed by atoms with Crippen molar-refractivity contribution in [3.8, 4) is 0 Å². The van der Waals surface area contributed by atoms with Crippen molar-refractivity contribution in [2.75, 3.05) is 26.7 Å². The van der Waals surface area contributed by atoms with E-state index in [1.54, 1.807) is 0 Å². The largest absolute Gasteiger partial charge is 1.00 e. The van der Waals surface area contributed by atoms with Crippen LogP contribution in [0.5, 0.6) is 0 Å². The second-order valence-corrected chi connectivity index (χ2v) is 12.6. The summed E-state index contributed by atoms with van der Waals surface area (Å²) in [5.41, 5.74) is 0.758. The molecule has 0 spiro atoms. The van der Waals surface area contributed by atoms with Gasteiger partial charge in [0.2, 0.25) is 0 Å². The minimum Gasteiger partial charge on any atom is -0.501 e. The molecular formula is C35H72K2N2-4. The molecule has 0 saturated carbocycles. The second kappa shape index (κ2) is 38.3. The van der Waals surface area contributed by atoms with Crippen LogP contribution >= 0.6 is 0 Å². The fraction of sp³-hybridized carbons (Fsp3) is 0.743. The van der Waals surface area contributed by atoms with E-state index in [1.807, 2.05) is 6.21 Å². The molecule has 0 radical (unpaired) electrons. The topological polar surface area (TPSA) is 15.6 Å². The molecule has 0 aliphatic rings. The molecule has 0 bridgehead atoms. The van der Waals surface area contributed by atoms with Crippen molar-refractivity contribution in [2.45, 2.75) is 110 Å². The van der Waals surface area contributed by atoms with E-state index in [0.29, 0.717) is 34.5 Å². The molecule has 2 unspecified atom stereocenters. The molecule has 0 amide bonds. The molecule has 4 heteroatoms. The van der Waals surface area contributed by atoms with Crippen molar-refractivity contribution >= 4 is 6.21 Å². The summed E-state index contributed by atoms with van der Waals surface area (Å²) in [5, 5.41) is 0. The molecule has 0 heterocycles. The van der Waals surface area contributed by atoms with Crippen molar-refractivity contribution in [1.82, 2.24) is 4.90 Å². The first-order chi connectivity index (χ1) is 15.9. The van der Waals surface area contributed by atoms with Crippen LogP contribution in [-0.4, -0.2) is 37.8 Å². The number of aliphatic imine (C=N–C) groups is 1. The van der Waals surface area contributed by atoms with E-state index in [2.05, 4.69) is 152 Å². The molecule has 0 aromatic rings. The predicted molar refractivity (Wildman–Crippen MR) is 178 cm³/mol. The summed E-state index contributed by atoms with van der Waals surface area (Å²) < 4.78 is 0. The van der Waals surface area contributed by atoms with Gasteiger partial charge in [0.15, 0.2) is 0 Å². The van der Waals surface area contributed by atoms with Crippen LogP contribution in [-0.2, 0) is 0 Å². The van der Waals surface area contributed by atoms with Crippen LogP contribution in [0.1, 0.15) is 110 Å². The smallest absolute Gasteiger partial charge is 0.501 e. The zero-order chi connectivity index (χ0) is 28.7. The first-order valence-corrected chi connectivity index (χ1v) is 13.7. The van der Waals surface area contributed by atoms with Crippen LogP contribution in [0.4, 0.5) is 0 Å². The third-order valence-corrected chi connectivity index (χ3v) is 5.13. The number of nitrogens with zero attached hydrogens (tertiary/aromatic N) is 2. The summed E-state index contributed by atoms with van der Waals surface area (Å²) in [6.07, 6.45) is 14.4. The number of unbranched alkanes of at least 4 members (excludes halogenated alkanes) is 2. The van der Waals surface area contributed by atoms with Gasteiger partial charge in [0.1, 0.15) is 0 Å². The molecule has 0 aromatic heterocycles. The molecule has 0 aliphatic carbocycles. The van der Waals surface area contributed by atoms with Gasteiger partial charge in [-0.05, 0) is 24.4 Å². The van der Waals surface area contributed by atoms with Gasteiger partial charge in [-0.1, -0.05) is 109 Å². The van der Waals surface area contributed by atoms with Gasteiger partial charge in [-0.15, -0.1) is 12.8 Å². The van der Waals surface area contributed by atoms with Crippen molar-refractivity contribution in [1.29, 1.82) is 0 Å². The molecule has 0 fully saturated rings. The third kappa shape index (κ3) is 64.4. The first-order valence-electron chi connectivity index (χ1n) is 13.7. The van der Waals surface area contributed by atoms with Crippen LogP contribution in [0.3, 0.4) is 0 Å². The molecule has 0 N–H and O–H groups in total. The Morgan fingerprint density at radius 2 is 1.15 bits per heavy atom. The van der Waals surface area contributed by atoms with Gasteiger partial charge in [0.25, 0.3) is 0 Å². The Morgan fingerprint density at radius 3 is 1.36 bits per heavy atom. The van der Waals surface area contributed by atoms with E-state index in [4.69, 9.17) is 0 Å². The minimum atomic E-state index is 0. The molecule has 0 saturated heterocycles. The van der Waals surface area contributed by atoms with Crippen LogP contribution in [0, 0.1) is 74.3 Å². The molecule has 0 aromatic carbocycles. The maximum Gasteiger partial charge on any atom is 1.00 e. The summed E-state index contributed by atoms with van der Waals surface area (Å²) >= 11 is 0. The maximum atomic E-state index is 4.25. The van der Waals surface area contributed by atoms with E-state index >= 15 is 0 Å². The van der Waals surface area contributed by atoms with E-state index in [1.165, 1.54) is 13.0 Å². The molecule has 2 atom stereocenters. The third-order valence-electron chi connectivity index (χ3n) is 5.13. The summed E-state index contributed by atoms with van der Waals surface area (Å²) in [4.78, 5) is 6.62. The SMILES string of the molecule is C=[C-]C(C)C(C)C.C=[C-]C(C)C(C)C.CC[CH-]C=NCC(C)(C)C.CC[CH-]CN(C)CC(C)(C)C.[CH3-].[CH3-].[K+].[K+]. The Labute approximate surface area is 337 Å². The average Bonchev–Trinajstić information content (AvgIpc) is 2.73. The van der Waals surface area contributed by atoms with Crippen LogP contribution in [0.2, 0.25) is 0 Å². The summed E-state index contributed by atoms with van der Waals surface area (Å²) in [6.45, 7) is 40.9. The maximum absolute atomic E-state index is 4.25. The fourth-order valence-corrected chi connectivity index (χ4v) is 2.20. The Balaban J connectivity index is -0.0000000539. The monoisotopic (exact) mass is 598 g/mol. The standard InChI is InChI=1S/C10H22N.C9H18N.2C7H13.2CH3.2K/c1-6-7-8-11(5)9-10(2,3)4;1-5-6-7-10-8-9(2,3)4;2*1-5-7(4)6(2)3;;;;/h7H,6,8-9H2,1-5H3;6-7H,5,8H2,1-4H3;2*6-7H,1H2,2-4H3;2*1H3;;/q6*-1;2*+1. The van der Waals surface area contributed by atoms with Gasteiger partial charge in [0.05, 0.1) is 0 Å². The Bertz CT molecular complexity index is 468. The van der Waals surface area contributed by atoms with Crippen molar-refractivity contribution in [2.24, 2.45) is 39.5 Å². The Morgan fingerprint density at radius 1 is 0.769 bits per heavy atom. The summed E-state index contributed by atoms with van der Waals surface area (Å²) in [6, 6.07) is 0. The number of hydrogen-bond donors (Lipinski definition) is 0. The van der Waals surface area contributed by atoms with E-state index in [-0.39, 0.29) is 118 Å². The van der Waals surface area contributed by atoms with Crippen LogP contribution in [0.25, 0.3) is 0 Å². The van der Waals surface area contributed by atoms with Crippen LogP contribution < -0.4 is 103 Å². The second-order valence-electron chi connectivity index (χ2n) is 12.6. The summed E-state index contributed by atoms with van der Waals surface area (Å²) in [5.74, 6) is 2.47. The van der Waals surface area contributed by atoms with Gasteiger partial charge in [0, 0.05) is 6.54 Å². The summed E-state index contributed by atoms with van der Waals surface area (Å²) in [7, 11) is 2.18. The number of rotatable bonds is 11. The molecule has 228 valence electrons. The molecule has 2 nitrogen and oxygen atoms in total. The first kappa shape index (κ1) is 60.4. The zero-order valence-corrected chi connectivity index (χ0v) is 37.1. The predicted octanol–water partition coefficient (Wildman–Crippen LogP) is 4.74. The fourth-order valence-electron chi connectivity index (χ4n) is 2.20. The van der Waals surface area contributed by atoms with Crippen molar-refractivity contribution in [3.05, 3.63) is 53.0 Å². The van der Waals surface area contributed by atoms with Crippen molar-refractivity contribution < 1.29 is 103 Å². The van der Waals surface area contributed by atoms with Gasteiger partial charge >= 0.3 is 103 Å². The van der Waals surface area contributed by atoms with E-state index < -0.39 is 0 Å². The number of allylic oxidation sites excluding steroid dienone is 2. The van der Waals surface area contributed by atoms with E-state index in [9.17, 15) is 0 Å². The van der Waals surface area contributed by atoms with E-state index in [0.717, 1.165) is 19.5 Å². The minimum absolute atomic E-state index is 0. The van der Waals surface area contributed by atoms with Gasteiger partial charge < -0.3 is 49.7 Å².